The number of piperazine rings is 1. The van der Waals surface area contributed by atoms with Crippen LogP contribution in [0.3, 0.4) is 0 Å². The molecular formula is C23H26ClF3N4O5. The SMILES string of the molecule is O=C(NO)[C@@H](O)C(CCCc1ccc(OC(F)(F)F)cc1)C(=O)N1CCN(c2cccc(Cl)n2)CC1. The molecule has 1 aliphatic rings. The van der Waals surface area contributed by atoms with Crippen molar-refractivity contribution in [2.45, 2.75) is 31.7 Å². The van der Waals surface area contributed by atoms with E-state index in [0.29, 0.717) is 55.6 Å². The first kappa shape index (κ1) is 27.5. The molecule has 13 heteroatoms. The molecule has 9 nitrogen and oxygen atoms in total. The fourth-order valence-corrected chi connectivity index (χ4v) is 4.17. The van der Waals surface area contributed by atoms with E-state index >= 15 is 0 Å². The van der Waals surface area contributed by atoms with Crippen LogP contribution in [0, 0.1) is 5.92 Å². The van der Waals surface area contributed by atoms with Crippen molar-refractivity contribution < 1.29 is 37.8 Å². The van der Waals surface area contributed by atoms with E-state index in [-0.39, 0.29) is 12.2 Å². The van der Waals surface area contributed by atoms with Gasteiger partial charge in [-0.05, 0) is 49.1 Å². The molecular weight excluding hydrogens is 505 g/mol. The third kappa shape index (κ3) is 7.70. The van der Waals surface area contributed by atoms with Crippen LogP contribution in [0.15, 0.2) is 42.5 Å². The highest BCUT2D eigenvalue weighted by Gasteiger charge is 2.36. The predicted molar refractivity (Wildman–Crippen MR) is 124 cm³/mol. The van der Waals surface area contributed by atoms with Crippen LogP contribution in [0.2, 0.25) is 5.15 Å². The molecule has 1 aromatic carbocycles. The van der Waals surface area contributed by atoms with Crippen LogP contribution in [0.5, 0.6) is 5.75 Å². The lowest BCUT2D eigenvalue weighted by molar-refractivity contribution is -0.274. The fraction of sp³-hybridized carbons (Fsp3) is 0.435. The number of ether oxygens (including phenoxy) is 1. The van der Waals surface area contributed by atoms with E-state index in [9.17, 15) is 27.9 Å². The zero-order valence-electron chi connectivity index (χ0n) is 19.1. The maximum atomic E-state index is 13.2. The molecule has 2 amide bonds. The number of benzene rings is 1. The number of alkyl halides is 3. The van der Waals surface area contributed by atoms with E-state index in [0.717, 1.165) is 0 Å². The Morgan fingerprint density at radius 1 is 1.11 bits per heavy atom. The number of nitrogens with zero attached hydrogens (tertiary/aromatic N) is 3. The number of aryl methyl sites for hydroxylation is 1. The average molecular weight is 531 g/mol. The molecule has 1 aliphatic heterocycles. The van der Waals surface area contributed by atoms with Gasteiger partial charge in [0, 0.05) is 26.2 Å². The second-order valence-corrected chi connectivity index (χ2v) is 8.63. The first-order valence-electron chi connectivity index (χ1n) is 11.2. The quantitative estimate of drug-likeness (QED) is 0.259. The highest BCUT2D eigenvalue weighted by Crippen LogP contribution is 2.24. The average Bonchev–Trinajstić information content (AvgIpc) is 2.85. The van der Waals surface area contributed by atoms with E-state index in [4.69, 9.17) is 16.8 Å². The number of aromatic nitrogens is 1. The van der Waals surface area contributed by atoms with Crippen molar-refractivity contribution in [2.75, 3.05) is 31.1 Å². The van der Waals surface area contributed by atoms with Gasteiger partial charge < -0.3 is 19.6 Å². The van der Waals surface area contributed by atoms with Gasteiger partial charge >= 0.3 is 6.36 Å². The molecule has 3 N–H and O–H groups in total. The first-order valence-corrected chi connectivity index (χ1v) is 11.6. The molecule has 2 heterocycles. The Labute approximate surface area is 210 Å². The lowest BCUT2D eigenvalue weighted by Gasteiger charge is -2.37. The van der Waals surface area contributed by atoms with Gasteiger partial charge in [0.1, 0.15) is 22.8 Å². The minimum Gasteiger partial charge on any atom is -0.406 e. The molecule has 1 unspecified atom stereocenters. The van der Waals surface area contributed by atoms with Crippen LogP contribution < -0.4 is 15.1 Å². The summed E-state index contributed by atoms with van der Waals surface area (Å²) in [4.78, 5) is 32.9. The topological polar surface area (TPSA) is 115 Å². The van der Waals surface area contributed by atoms with E-state index in [1.807, 2.05) is 11.0 Å². The van der Waals surface area contributed by atoms with E-state index in [1.54, 1.807) is 17.0 Å². The number of nitrogens with one attached hydrogen (secondary N) is 1. The zero-order chi connectivity index (χ0) is 26.3. The third-order valence-corrected chi connectivity index (χ3v) is 6.04. The van der Waals surface area contributed by atoms with Crippen molar-refractivity contribution >= 4 is 29.2 Å². The Morgan fingerprint density at radius 2 is 1.78 bits per heavy atom. The number of amides is 2. The second kappa shape index (κ2) is 12.2. The summed E-state index contributed by atoms with van der Waals surface area (Å²) in [6, 6.07) is 10.6. The lowest BCUT2D eigenvalue weighted by atomic mass is 9.92. The number of aliphatic hydroxyl groups excluding tert-OH is 1. The number of carbonyl (C=O) groups excluding carboxylic acids is 2. The van der Waals surface area contributed by atoms with Gasteiger partial charge in [-0.25, -0.2) is 10.5 Å². The van der Waals surface area contributed by atoms with Crippen molar-refractivity contribution in [3.05, 3.63) is 53.2 Å². The number of anilines is 1. The highest BCUT2D eigenvalue weighted by molar-refractivity contribution is 6.29. The van der Waals surface area contributed by atoms with Crippen LogP contribution in [0.25, 0.3) is 0 Å². The zero-order valence-corrected chi connectivity index (χ0v) is 19.9. The third-order valence-electron chi connectivity index (χ3n) is 5.83. The number of pyridine rings is 1. The summed E-state index contributed by atoms with van der Waals surface area (Å²) >= 11 is 5.95. The van der Waals surface area contributed by atoms with Crippen LogP contribution >= 0.6 is 11.6 Å². The Hall–Kier alpha value is -3.09. The maximum absolute atomic E-state index is 13.2. The largest absolute Gasteiger partial charge is 0.573 e. The monoisotopic (exact) mass is 530 g/mol. The number of rotatable bonds is 9. The molecule has 0 bridgehead atoms. The predicted octanol–water partition coefficient (Wildman–Crippen LogP) is 2.79. The van der Waals surface area contributed by atoms with E-state index in [2.05, 4.69) is 9.72 Å². The number of carbonyl (C=O) groups is 2. The van der Waals surface area contributed by atoms with Gasteiger partial charge in [-0.3, -0.25) is 14.8 Å². The molecule has 36 heavy (non-hydrogen) atoms. The van der Waals surface area contributed by atoms with Gasteiger partial charge in [0.2, 0.25) is 5.91 Å². The van der Waals surface area contributed by atoms with E-state index < -0.39 is 30.2 Å². The van der Waals surface area contributed by atoms with Gasteiger partial charge in [-0.15, -0.1) is 13.2 Å². The molecule has 1 saturated heterocycles. The summed E-state index contributed by atoms with van der Waals surface area (Å²) in [6.45, 7) is 1.61. The van der Waals surface area contributed by atoms with E-state index in [1.165, 1.54) is 29.7 Å². The van der Waals surface area contributed by atoms with Crippen LogP contribution in [0.1, 0.15) is 18.4 Å². The van der Waals surface area contributed by atoms with Crippen LogP contribution in [-0.4, -0.2) is 70.7 Å². The Bertz CT molecular complexity index is 1030. The smallest absolute Gasteiger partial charge is 0.406 e. The number of aliphatic hydroxyl groups is 1. The maximum Gasteiger partial charge on any atom is 0.573 e. The first-order chi connectivity index (χ1) is 17.1. The Balaban J connectivity index is 1.59. The Morgan fingerprint density at radius 3 is 2.36 bits per heavy atom. The van der Waals surface area contributed by atoms with Crippen molar-refractivity contribution in [3.8, 4) is 5.75 Å². The van der Waals surface area contributed by atoms with Gasteiger partial charge in [-0.2, -0.15) is 0 Å². The molecule has 196 valence electrons. The molecule has 1 aromatic heterocycles. The molecule has 2 atom stereocenters. The molecule has 3 rings (SSSR count). The Kier molecular flexibility index (Phi) is 9.35. The molecule has 0 aliphatic carbocycles. The fourth-order valence-electron chi connectivity index (χ4n) is 4.01. The van der Waals surface area contributed by atoms with Crippen molar-refractivity contribution in [1.82, 2.24) is 15.4 Å². The summed E-state index contributed by atoms with van der Waals surface area (Å²) in [5.74, 6) is -2.30. The normalized spacial score (nSPS) is 15.8. The van der Waals surface area contributed by atoms with Crippen LogP contribution in [-0.2, 0) is 16.0 Å². The number of halogens is 4. The minimum atomic E-state index is -4.78. The van der Waals surface area contributed by atoms with Gasteiger partial charge in [0.05, 0.1) is 5.92 Å². The standard InChI is InChI=1S/C23H26ClF3N4O5/c24-18-5-2-6-19(28-18)30-11-13-31(14-12-30)22(34)17(20(32)21(33)29-35)4-1-3-15-7-9-16(10-8-15)36-23(25,26)27/h2,5-10,17,20,32,35H,1,3-4,11-14H2,(H,29,33)/t17?,20-/m0/s1. The second-order valence-electron chi connectivity index (χ2n) is 8.24. The summed E-state index contributed by atoms with van der Waals surface area (Å²) in [6.07, 6.45) is -5.69. The summed E-state index contributed by atoms with van der Waals surface area (Å²) in [5, 5.41) is 19.7. The molecule has 0 saturated carbocycles. The van der Waals surface area contributed by atoms with Gasteiger partial charge in [0.15, 0.2) is 0 Å². The summed E-state index contributed by atoms with van der Waals surface area (Å²) < 4.78 is 40.8. The highest BCUT2D eigenvalue weighted by atomic mass is 35.5. The minimum absolute atomic E-state index is 0.115. The van der Waals surface area contributed by atoms with Gasteiger partial charge in [-0.1, -0.05) is 29.8 Å². The molecule has 0 radical (unpaired) electrons. The van der Waals surface area contributed by atoms with Gasteiger partial charge in [0.25, 0.3) is 5.91 Å². The number of hydrogen-bond donors (Lipinski definition) is 3. The molecule has 2 aromatic rings. The summed E-state index contributed by atoms with van der Waals surface area (Å²) in [5.41, 5.74) is 2.07. The molecule has 1 fully saturated rings. The van der Waals surface area contributed by atoms with Crippen LogP contribution in [0.4, 0.5) is 19.0 Å². The molecule has 0 spiro atoms. The van der Waals surface area contributed by atoms with Crippen molar-refractivity contribution in [1.29, 1.82) is 0 Å². The number of hydrogen-bond acceptors (Lipinski definition) is 7. The summed E-state index contributed by atoms with van der Waals surface area (Å²) in [7, 11) is 0. The number of hydroxylamine groups is 1. The van der Waals surface area contributed by atoms with Crippen molar-refractivity contribution in [3.63, 3.8) is 0 Å². The van der Waals surface area contributed by atoms with Crippen molar-refractivity contribution in [2.24, 2.45) is 5.92 Å². The lowest BCUT2D eigenvalue weighted by Crippen LogP contribution is -2.53.